The molecule has 0 unspecified atom stereocenters. The summed E-state index contributed by atoms with van der Waals surface area (Å²) in [6, 6.07) is 14.0. The van der Waals surface area contributed by atoms with E-state index in [1.807, 2.05) is 30.3 Å². The van der Waals surface area contributed by atoms with Gasteiger partial charge in [-0.15, -0.1) is 5.26 Å². The first kappa shape index (κ1) is 48.1. The Bertz CT molecular complexity index is 3020. The summed E-state index contributed by atoms with van der Waals surface area (Å²) in [5.74, 6) is 1.59. The van der Waals surface area contributed by atoms with E-state index in [0.717, 1.165) is 84.7 Å². The number of aromatic nitrogens is 6. The number of rotatable bonds is 11. The molecule has 0 radical (unpaired) electrons. The van der Waals surface area contributed by atoms with Crippen molar-refractivity contribution < 1.29 is 53.4 Å². The monoisotopic (exact) mass is 950 g/mol. The fourth-order valence-electron chi connectivity index (χ4n) is 7.16. The van der Waals surface area contributed by atoms with Crippen LogP contribution >= 0.6 is 0 Å². The van der Waals surface area contributed by atoms with Crippen molar-refractivity contribution in [1.82, 2.24) is 34.6 Å². The molecule has 0 bridgehead atoms. The number of nitrogens with one attached hydrogen (secondary N) is 2. The lowest BCUT2D eigenvalue weighted by Gasteiger charge is -2.17. The second-order valence-electron chi connectivity index (χ2n) is 14.0. The quantitative estimate of drug-likeness (QED) is 0.0907. The molecule has 4 N–H and O–H groups in total. The molecular formula is C42H38F4N10O8S2. The number of ether oxygens (including phenoxy) is 3. The molecule has 2 aromatic carbocycles. The number of benzene rings is 2. The second kappa shape index (κ2) is 21.1. The molecule has 2 aliphatic rings. The molecule has 8 rings (SSSR count). The Morgan fingerprint density at radius 1 is 0.682 bits per heavy atom. The van der Waals surface area contributed by atoms with E-state index >= 15 is 0 Å². The molecule has 0 spiro atoms. The largest absolute Gasteiger partial charge is 0.481 e. The predicted molar refractivity (Wildman–Crippen MR) is 227 cm³/mol. The van der Waals surface area contributed by atoms with Crippen LogP contribution in [0, 0.1) is 11.5 Å². The number of carbonyl (C=O) groups is 1. The van der Waals surface area contributed by atoms with Gasteiger partial charge in [0.15, 0.2) is 10.8 Å². The Morgan fingerprint density at radius 3 is 1.71 bits per heavy atom. The summed E-state index contributed by atoms with van der Waals surface area (Å²) in [7, 11) is -5.87. The lowest BCUT2D eigenvalue weighted by atomic mass is 9.98. The number of hydrogen-bond donors (Lipinski definition) is 3. The number of halogens is 4. The molecule has 0 saturated heterocycles. The maximum absolute atomic E-state index is 13.2. The van der Waals surface area contributed by atoms with Gasteiger partial charge in [0, 0.05) is 60.4 Å². The van der Waals surface area contributed by atoms with Crippen LogP contribution in [-0.2, 0) is 45.7 Å². The molecule has 2 amide bonds. The Balaban J connectivity index is 0.000000184. The highest BCUT2D eigenvalue weighted by atomic mass is 32.2. The van der Waals surface area contributed by atoms with E-state index in [2.05, 4.69) is 46.4 Å². The van der Waals surface area contributed by atoms with E-state index in [9.17, 15) is 39.2 Å². The van der Waals surface area contributed by atoms with Crippen LogP contribution in [0.15, 0.2) is 95.8 Å². The summed E-state index contributed by atoms with van der Waals surface area (Å²) >= 11 is 0. The Labute approximate surface area is 375 Å². The SMILES string of the molecule is COc1cc(-c2ccc3c(c2NC(=O)NS(=O)(=O)c2nccnc2C(F)F)CCC3)ccn1.COc1cc(-c2ccc3c(c2OC#N)CCC3)ccn1.NS(=O)(=O)c1nccnc1C(F)F. The Kier molecular flexibility index (Phi) is 15.4. The van der Waals surface area contributed by atoms with Crippen LogP contribution in [-0.4, -0.2) is 67.0 Å². The van der Waals surface area contributed by atoms with Crippen molar-refractivity contribution in [3.05, 3.63) is 119 Å². The number of anilines is 1. The number of urea groups is 1. The highest BCUT2D eigenvalue weighted by molar-refractivity contribution is 7.90. The number of fused-ring (bicyclic) bond motifs is 2. The number of alkyl halides is 4. The van der Waals surface area contributed by atoms with Gasteiger partial charge in [-0.25, -0.2) is 60.6 Å². The lowest BCUT2D eigenvalue weighted by molar-refractivity contribution is 0.141. The van der Waals surface area contributed by atoms with Crippen LogP contribution in [0.3, 0.4) is 0 Å². The molecule has 24 heteroatoms. The number of methoxy groups -OCH3 is 2. The number of nitrogens with zero attached hydrogens (tertiary/aromatic N) is 7. The molecule has 4 aromatic heterocycles. The van der Waals surface area contributed by atoms with Crippen molar-refractivity contribution >= 4 is 31.8 Å². The van der Waals surface area contributed by atoms with E-state index in [1.54, 1.807) is 42.6 Å². The summed E-state index contributed by atoms with van der Waals surface area (Å²) < 4.78 is 115. The standard InChI is InChI=1S/C21H19F2N5O4S.C16H14N2O2.C5H5F2N3O2S/c1-32-16-11-13(7-8-24-16)15-6-5-12-3-2-4-14(12)17(15)27-21(29)28-33(30,31)20-18(19(22)23)25-9-10-26-20;1-19-15-9-12(7-8-18-15)14-6-5-11-3-2-4-13(11)16(14)20-10-17;6-4(7)3-5(13(8,11)12)10-2-1-9-3/h5-11,19H,2-4H2,1H3,(H2,27,28,29);5-9H,2-4H2,1H3;1-2,4H,(H2,8,11,12). The highest BCUT2D eigenvalue weighted by Gasteiger charge is 2.30. The van der Waals surface area contributed by atoms with Crippen molar-refractivity contribution in [2.45, 2.75) is 61.4 Å². The molecule has 6 aromatic rings. The number of nitrogens with two attached hydrogens (primary N) is 1. The van der Waals surface area contributed by atoms with Crippen molar-refractivity contribution in [1.29, 1.82) is 5.26 Å². The first-order valence-electron chi connectivity index (χ1n) is 19.5. The van der Waals surface area contributed by atoms with Crippen LogP contribution in [0.2, 0.25) is 0 Å². The summed E-state index contributed by atoms with van der Waals surface area (Å²) in [5, 5.41) is 14.2. The Morgan fingerprint density at radius 2 is 1.18 bits per heavy atom. The van der Waals surface area contributed by atoms with E-state index in [4.69, 9.17) is 19.5 Å². The van der Waals surface area contributed by atoms with Gasteiger partial charge in [-0.05, 0) is 84.0 Å². The number of primary sulfonamides is 1. The molecular weight excluding hydrogens is 913 g/mol. The zero-order valence-electron chi connectivity index (χ0n) is 34.8. The number of sulfonamides is 2. The van der Waals surface area contributed by atoms with Gasteiger partial charge in [-0.1, -0.05) is 24.3 Å². The molecule has 2 aliphatic carbocycles. The topological polar surface area (TPSA) is 264 Å². The van der Waals surface area contributed by atoms with E-state index < -0.39 is 60.4 Å². The number of hydrogen-bond acceptors (Lipinski definition) is 15. The summed E-state index contributed by atoms with van der Waals surface area (Å²) in [6.45, 7) is 0. The first-order chi connectivity index (χ1) is 31.6. The van der Waals surface area contributed by atoms with Gasteiger partial charge in [0.25, 0.3) is 39.2 Å². The maximum Gasteiger partial charge on any atom is 0.333 e. The van der Waals surface area contributed by atoms with Crippen LogP contribution in [0.4, 0.5) is 28.0 Å². The van der Waals surface area contributed by atoms with Gasteiger partial charge in [-0.3, -0.25) is 9.97 Å². The van der Waals surface area contributed by atoms with Gasteiger partial charge in [0.05, 0.1) is 19.9 Å². The minimum atomic E-state index is -4.70. The molecule has 344 valence electrons. The summed E-state index contributed by atoms with van der Waals surface area (Å²) in [5.41, 5.74) is 5.99. The van der Waals surface area contributed by atoms with Gasteiger partial charge in [0.2, 0.25) is 16.8 Å². The number of aryl methyl sites for hydroxylation is 2. The van der Waals surface area contributed by atoms with Crippen molar-refractivity contribution in [2.24, 2.45) is 5.14 Å². The molecule has 18 nitrogen and oxygen atoms in total. The molecule has 0 fully saturated rings. The Hall–Kier alpha value is -7.36. The summed E-state index contributed by atoms with van der Waals surface area (Å²) in [4.78, 5) is 34.1. The van der Waals surface area contributed by atoms with Gasteiger partial charge >= 0.3 is 6.03 Å². The normalized spacial score (nSPS) is 12.7. The molecule has 0 atom stereocenters. The second-order valence-corrected chi connectivity index (χ2v) is 17.1. The smallest absolute Gasteiger partial charge is 0.333 e. The summed E-state index contributed by atoms with van der Waals surface area (Å²) in [6.07, 6.45) is 8.22. The highest BCUT2D eigenvalue weighted by Crippen LogP contribution is 2.40. The third-order valence-corrected chi connectivity index (χ3v) is 12.1. The molecule has 0 aliphatic heterocycles. The number of nitriles is 1. The van der Waals surface area contributed by atoms with Gasteiger partial charge < -0.3 is 19.5 Å². The molecule has 4 heterocycles. The maximum atomic E-state index is 13.2. The first-order valence-corrected chi connectivity index (χ1v) is 22.5. The van der Waals surface area contributed by atoms with E-state index in [-0.39, 0.29) is 0 Å². The number of carbonyl (C=O) groups excluding carboxylic acids is 1. The van der Waals surface area contributed by atoms with Crippen LogP contribution in [0.1, 0.15) is 59.3 Å². The minimum Gasteiger partial charge on any atom is -0.481 e. The van der Waals surface area contributed by atoms with Crippen molar-refractivity contribution in [3.63, 3.8) is 0 Å². The van der Waals surface area contributed by atoms with Gasteiger partial charge in [-0.2, -0.15) is 8.42 Å². The van der Waals surface area contributed by atoms with Crippen molar-refractivity contribution in [3.8, 4) is 46.0 Å². The fourth-order valence-corrected chi connectivity index (χ4v) is 8.81. The lowest BCUT2D eigenvalue weighted by Crippen LogP contribution is -2.36. The molecule has 66 heavy (non-hydrogen) atoms. The van der Waals surface area contributed by atoms with Crippen LogP contribution in [0.5, 0.6) is 17.5 Å². The minimum absolute atomic E-state index is 0.369. The third-order valence-electron chi connectivity index (χ3n) is 9.96. The zero-order valence-corrected chi connectivity index (χ0v) is 36.4. The zero-order chi connectivity index (χ0) is 47.6. The molecule has 0 saturated carbocycles. The fraction of sp³-hybridized carbons (Fsp3) is 0.238. The number of pyridine rings is 2. The van der Waals surface area contributed by atoms with Gasteiger partial charge in [0.1, 0.15) is 11.4 Å². The van der Waals surface area contributed by atoms with E-state index in [1.165, 1.54) is 12.7 Å². The average molecular weight is 951 g/mol. The predicted octanol–water partition coefficient (Wildman–Crippen LogP) is 6.65. The third kappa shape index (κ3) is 11.3. The average Bonchev–Trinajstić information content (AvgIpc) is 4.00. The van der Waals surface area contributed by atoms with Crippen molar-refractivity contribution in [2.75, 3.05) is 19.5 Å². The van der Waals surface area contributed by atoms with Crippen LogP contribution < -0.4 is 29.4 Å². The van der Waals surface area contributed by atoms with E-state index in [0.29, 0.717) is 40.7 Å². The number of amides is 2. The van der Waals surface area contributed by atoms with Crippen LogP contribution in [0.25, 0.3) is 22.3 Å².